The zero-order valence-electron chi connectivity index (χ0n) is 7.39. The molecule has 0 aromatic carbocycles. The minimum atomic E-state index is 0.261. The molecule has 0 N–H and O–H groups in total. The van der Waals surface area contributed by atoms with Gasteiger partial charge in [0, 0.05) is 0 Å². The van der Waals surface area contributed by atoms with Crippen LogP contribution in [0.25, 0.3) is 0 Å². The molecule has 0 radical (unpaired) electrons. The maximum atomic E-state index is 5.64. The molecule has 0 spiro atoms. The Morgan fingerprint density at radius 1 is 1.64 bits per heavy atom. The summed E-state index contributed by atoms with van der Waals surface area (Å²) in [6, 6.07) is 0. The van der Waals surface area contributed by atoms with Gasteiger partial charge in [-0.3, -0.25) is 0 Å². The van der Waals surface area contributed by atoms with Crippen LogP contribution in [0.4, 0.5) is 0 Å². The van der Waals surface area contributed by atoms with E-state index in [9.17, 15) is 0 Å². The van der Waals surface area contributed by atoms with Crippen LogP contribution in [0.1, 0.15) is 39.5 Å². The van der Waals surface area contributed by atoms with E-state index in [4.69, 9.17) is 4.74 Å². The molecule has 2 rings (SSSR count). The number of epoxide rings is 1. The molecule has 0 bridgehead atoms. The molecule has 1 saturated heterocycles. The Bertz CT molecular complexity index is 195. The monoisotopic (exact) mass is 152 g/mol. The summed E-state index contributed by atoms with van der Waals surface area (Å²) in [6.45, 7) is 4.47. The molecular formula is C10H16O. The normalized spacial score (nSPS) is 43.5. The number of hydrogen-bond donors (Lipinski definition) is 0. The Balaban J connectivity index is 2.02. The van der Waals surface area contributed by atoms with Crippen LogP contribution in [0.2, 0.25) is 0 Å². The zero-order valence-corrected chi connectivity index (χ0v) is 7.39. The van der Waals surface area contributed by atoms with E-state index in [1.54, 1.807) is 5.57 Å². The van der Waals surface area contributed by atoms with Crippen molar-refractivity contribution in [2.75, 3.05) is 0 Å². The molecule has 0 saturated carbocycles. The van der Waals surface area contributed by atoms with Crippen molar-refractivity contribution >= 4 is 0 Å². The molecule has 2 aliphatic rings. The predicted octanol–water partition coefficient (Wildman–Crippen LogP) is 2.66. The Morgan fingerprint density at radius 3 is 3.27 bits per heavy atom. The highest BCUT2D eigenvalue weighted by Crippen LogP contribution is 2.44. The van der Waals surface area contributed by atoms with Gasteiger partial charge >= 0.3 is 0 Å². The fraction of sp³-hybridized carbons (Fsp3) is 0.800. The number of hydrogen-bond acceptors (Lipinski definition) is 1. The Kier molecular flexibility index (Phi) is 1.57. The van der Waals surface area contributed by atoms with Gasteiger partial charge in [0.1, 0.15) is 0 Å². The topological polar surface area (TPSA) is 12.5 Å². The van der Waals surface area contributed by atoms with Gasteiger partial charge in [0.2, 0.25) is 0 Å². The second-order valence-electron chi connectivity index (χ2n) is 4.05. The van der Waals surface area contributed by atoms with Crippen LogP contribution >= 0.6 is 0 Å². The first-order chi connectivity index (χ1) is 5.21. The Morgan fingerprint density at radius 2 is 2.45 bits per heavy atom. The minimum Gasteiger partial charge on any atom is -0.366 e. The van der Waals surface area contributed by atoms with Gasteiger partial charge in [-0.15, -0.1) is 0 Å². The first-order valence-corrected chi connectivity index (χ1v) is 4.54. The van der Waals surface area contributed by atoms with Crippen LogP contribution in [-0.2, 0) is 4.74 Å². The second kappa shape index (κ2) is 2.34. The maximum absolute atomic E-state index is 5.64. The molecule has 1 nitrogen and oxygen atoms in total. The van der Waals surface area contributed by atoms with E-state index in [2.05, 4.69) is 19.9 Å². The van der Waals surface area contributed by atoms with E-state index in [0.717, 1.165) is 0 Å². The van der Waals surface area contributed by atoms with Gasteiger partial charge in [0.25, 0.3) is 0 Å². The second-order valence-corrected chi connectivity index (χ2v) is 4.05. The minimum absolute atomic E-state index is 0.261. The van der Waals surface area contributed by atoms with Crippen LogP contribution < -0.4 is 0 Å². The van der Waals surface area contributed by atoms with E-state index in [-0.39, 0.29) is 5.60 Å². The van der Waals surface area contributed by atoms with E-state index in [1.165, 1.54) is 25.7 Å². The smallest absolute Gasteiger partial charge is 0.0923 e. The largest absolute Gasteiger partial charge is 0.366 e. The third-order valence-electron chi connectivity index (χ3n) is 2.97. The third-order valence-corrected chi connectivity index (χ3v) is 2.97. The van der Waals surface area contributed by atoms with Crippen molar-refractivity contribution in [3.05, 3.63) is 11.6 Å². The third kappa shape index (κ3) is 1.34. The Labute approximate surface area is 68.4 Å². The summed E-state index contributed by atoms with van der Waals surface area (Å²) in [5, 5.41) is 0. The van der Waals surface area contributed by atoms with Crippen LogP contribution in [0.5, 0.6) is 0 Å². The van der Waals surface area contributed by atoms with Crippen LogP contribution in [-0.4, -0.2) is 11.7 Å². The molecule has 1 heterocycles. The summed E-state index contributed by atoms with van der Waals surface area (Å²) < 4.78 is 5.64. The van der Waals surface area contributed by atoms with Crippen LogP contribution in [0.15, 0.2) is 11.6 Å². The van der Waals surface area contributed by atoms with Gasteiger partial charge in [-0.1, -0.05) is 11.6 Å². The molecule has 2 unspecified atom stereocenters. The summed E-state index contributed by atoms with van der Waals surface area (Å²) in [5.74, 6) is 0. The highest BCUT2D eigenvalue weighted by atomic mass is 16.6. The molecule has 1 fully saturated rings. The molecule has 1 heteroatoms. The lowest BCUT2D eigenvalue weighted by atomic mass is 9.93. The fourth-order valence-electron chi connectivity index (χ4n) is 1.94. The van der Waals surface area contributed by atoms with Crippen molar-refractivity contribution in [3.63, 3.8) is 0 Å². The lowest BCUT2D eigenvalue weighted by Gasteiger charge is -2.08. The predicted molar refractivity (Wildman–Crippen MR) is 45.5 cm³/mol. The van der Waals surface area contributed by atoms with E-state index in [1.807, 2.05) is 0 Å². The number of allylic oxidation sites excluding steroid dienone is 2. The van der Waals surface area contributed by atoms with Crippen molar-refractivity contribution in [2.24, 2.45) is 0 Å². The standard InChI is InChI=1S/C10H16O/c1-8-4-3-7-10(2)9(11-10)6-5-8/h4,9H,3,5-7H2,1-2H3. The van der Waals surface area contributed by atoms with Gasteiger partial charge in [-0.25, -0.2) is 0 Å². The highest BCUT2D eigenvalue weighted by Gasteiger charge is 2.50. The Hall–Kier alpha value is -0.300. The molecule has 1 aliphatic carbocycles. The molecule has 1 aliphatic heterocycles. The molecule has 62 valence electrons. The van der Waals surface area contributed by atoms with Crippen molar-refractivity contribution in [2.45, 2.75) is 51.2 Å². The number of ether oxygens (including phenoxy) is 1. The summed E-state index contributed by atoms with van der Waals surface area (Å²) in [4.78, 5) is 0. The van der Waals surface area contributed by atoms with E-state index in [0.29, 0.717) is 6.10 Å². The van der Waals surface area contributed by atoms with Crippen molar-refractivity contribution < 1.29 is 4.74 Å². The lowest BCUT2D eigenvalue weighted by molar-refractivity contribution is 0.296. The van der Waals surface area contributed by atoms with Crippen LogP contribution in [0.3, 0.4) is 0 Å². The van der Waals surface area contributed by atoms with Gasteiger partial charge < -0.3 is 4.74 Å². The average Bonchev–Trinajstić information content (AvgIpc) is 2.54. The summed E-state index contributed by atoms with van der Waals surface area (Å²) in [5.41, 5.74) is 1.81. The number of fused-ring (bicyclic) bond motifs is 1. The zero-order chi connectivity index (χ0) is 7.90. The molecular weight excluding hydrogens is 136 g/mol. The first-order valence-electron chi connectivity index (χ1n) is 4.54. The van der Waals surface area contributed by atoms with E-state index >= 15 is 0 Å². The highest BCUT2D eigenvalue weighted by molar-refractivity contribution is 5.08. The van der Waals surface area contributed by atoms with Crippen molar-refractivity contribution in [3.8, 4) is 0 Å². The summed E-state index contributed by atoms with van der Waals surface area (Å²) in [7, 11) is 0. The quantitative estimate of drug-likeness (QED) is 0.384. The molecule has 0 aromatic rings. The average molecular weight is 152 g/mol. The molecule has 11 heavy (non-hydrogen) atoms. The molecule has 2 atom stereocenters. The SMILES string of the molecule is CC1=CCCC2(C)OC2CC1. The van der Waals surface area contributed by atoms with Gasteiger partial charge in [0.05, 0.1) is 11.7 Å². The number of rotatable bonds is 0. The van der Waals surface area contributed by atoms with Crippen molar-refractivity contribution in [1.82, 2.24) is 0 Å². The van der Waals surface area contributed by atoms with Gasteiger partial charge in [0.15, 0.2) is 0 Å². The first kappa shape index (κ1) is 7.35. The van der Waals surface area contributed by atoms with Gasteiger partial charge in [-0.2, -0.15) is 0 Å². The molecule has 0 aromatic heterocycles. The fourth-order valence-corrected chi connectivity index (χ4v) is 1.94. The molecule has 0 amide bonds. The van der Waals surface area contributed by atoms with Crippen molar-refractivity contribution in [1.29, 1.82) is 0 Å². The van der Waals surface area contributed by atoms with Crippen LogP contribution in [0, 0.1) is 0 Å². The maximum Gasteiger partial charge on any atom is 0.0923 e. The summed E-state index contributed by atoms with van der Waals surface area (Å²) >= 11 is 0. The van der Waals surface area contributed by atoms with Gasteiger partial charge in [-0.05, 0) is 39.5 Å². The lowest BCUT2D eigenvalue weighted by Crippen LogP contribution is -2.10. The van der Waals surface area contributed by atoms with E-state index < -0.39 is 0 Å². The summed E-state index contributed by atoms with van der Waals surface area (Å²) in [6.07, 6.45) is 7.84.